The highest BCUT2D eigenvalue weighted by Gasteiger charge is 2.27. The maximum absolute atomic E-state index is 13.1. The third kappa shape index (κ3) is 3.76. The van der Waals surface area contributed by atoms with Crippen LogP contribution in [0.1, 0.15) is 42.5 Å². The van der Waals surface area contributed by atoms with Gasteiger partial charge in [0.25, 0.3) is 5.91 Å². The van der Waals surface area contributed by atoms with Crippen LogP contribution in [0.4, 0.5) is 4.39 Å². The first kappa shape index (κ1) is 14.9. The van der Waals surface area contributed by atoms with Crippen LogP contribution in [-0.4, -0.2) is 16.9 Å². The first-order chi connectivity index (χ1) is 9.58. The van der Waals surface area contributed by atoms with Crippen molar-refractivity contribution in [3.8, 4) is 0 Å². The minimum Gasteiger partial charge on any atom is -0.392 e. The Bertz CT molecular complexity index is 500. The number of amides is 1. The Kier molecular flexibility index (Phi) is 5.06. The molecule has 5 heteroatoms. The van der Waals surface area contributed by atoms with Gasteiger partial charge in [0.1, 0.15) is 5.82 Å². The lowest BCUT2D eigenvalue weighted by atomic mass is 9.83. The molecule has 1 unspecified atom stereocenters. The predicted octanol–water partition coefficient (Wildman–Crippen LogP) is 2.79. The summed E-state index contributed by atoms with van der Waals surface area (Å²) >= 11 is 5.08. The van der Waals surface area contributed by atoms with E-state index in [0.717, 1.165) is 25.7 Å². The van der Waals surface area contributed by atoms with Crippen molar-refractivity contribution in [2.45, 2.75) is 38.1 Å². The van der Waals surface area contributed by atoms with Gasteiger partial charge in [0.2, 0.25) is 0 Å². The molecule has 0 spiro atoms. The van der Waals surface area contributed by atoms with Crippen LogP contribution >= 0.6 is 12.2 Å². The Morgan fingerprint density at radius 1 is 1.35 bits per heavy atom. The second-order valence-corrected chi connectivity index (χ2v) is 5.73. The van der Waals surface area contributed by atoms with Crippen molar-refractivity contribution in [2.75, 3.05) is 0 Å². The van der Waals surface area contributed by atoms with Gasteiger partial charge in [-0.2, -0.15) is 0 Å². The van der Waals surface area contributed by atoms with Crippen LogP contribution in [0, 0.1) is 11.7 Å². The van der Waals surface area contributed by atoms with Crippen molar-refractivity contribution in [1.82, 2.24) is 5.32 Å². The van der Waals surface area contributed by atoms with E-state index in [-0.39, 0.29) is 11.9 Å². The standard InChI is InChI=1S/C15H19FN2OS/c16-12-8-4-7-11(9-12)15(19)18-13(14(17)20)10-5-2-1-3-6-10/h4,7-10,13H,1-3,5-6H2,(H2,17,20)(H,18,19). The molecule has 0 aliphatic heterocycles. The first-order valence-electron chi connectivity index (χ1n) is 6.93. The fourth-order valence-corrected chi connectivity index (χ4v) is 2.99. The van der Waals surface area contributed by atoms with Crippen molar-refractivity contribution in [3.05, 3.63) is 35.6 Å². The van der Waals surface area contributed by atoms with Crippen molar-refractivity contribution in [1.29, 1.82) is 0 Å². The van der Waals surface area contributed by atoms with E-state index < -0.39 is 5.82 Å². The average Bonchev–Trinajstić information content (AvgIpc) is 2.45. The molecule has 3 N–H and O–H groups in total. The van der Waals surface area contributed by atoms with Gasteiger partial charge in [0.15, 0.2) is 0 Å². The van der Waals surface area contributed by atoms with Crippen LogP contribution in [0.5, 0.6) is 0 Å². The molecule has 1 aliphatic carbocycles. The monoisotopic (exact) mass is 294 g/mol. The van der Waals surface area contributed by atoms with Gasteiger partial charge < -0.3 is 11.1 Å². The van der Waals surface area contributed by atoms with Gasteiger partial charge in [-0.15, -0.1) is 0 Å². The highest BCUT2D eigenvalue weighted by molar-refractivity contribution is 7.80. The molecule has 0 heterocycles. The van der Waals surface area contributed by atoms with E-state index in [0.29, 0.717) is 16.5 Å². The molecule has 0 bridgehead atoms. The zero-order valence-corrected chi connectivity index (χ0v) is 12.1. The van der Waals surface area contributed by atoms with Crippen molar-refractivity contribution >= 4 is 23.1 Å². The lowest BCUT2D eigenvalue weighted by molar-refractivity contribution is 0.0931. The van der Waals surface area contributed by atoms with E-state index in [1.165, 1.54) is 24.6 Å². The summed E-state index contributed by atoms with van der Waals surface area (Å²) in [7, 11) is 0. The molecule has 3 nitrogen and oxygen atoms in total. The summed E-state index contributed by atoms with van der Waals surface area (Å²) in [6, 6.07) is 5.31. The van der Waals surface area contributed by atoms with Gasteiger partial charge >= 0.3 is 0 Å². The van der Waals surface area contributed by atoms with E-state index in [4.69, 9.17) is 18.0 Å². The van der Waals surface area contributed by atoms with Crippen LogP contribution in [0.15, 0.2) is 24.3 Å². The third-order valence-electron chi connectivity index (χ3n) is 3.80. The smallest absolute Gasteiger partial charge is 0.251 e. The molecule has 1 saturated carbocycles. The van der Waals surface area contributed by atoms with Crippen LogP contribution in [0.2, 0.25) is 0 Å². The van der Waals surface area contributed by atoms with Gasteiger partial charge in [-0.05, 0) is 37.0 Å². The number of benzene rings is 1. The highest BCUT2D eigenvalue weighted by atomic mass is 32.1. The lowest BCUT2D eigenvalue weighted by Crippen LogP contribution is -2.48. The van der Waals surface area contributed by atoms with Gasteiger partial charge in [-0.1, -0.05) is 37.5 Å². The average molecular weight is 294 g/mol. The van der Waals surface area contributed by atoms with E-state index in [2.05, 4.69) is 5.32 Å². The Balaban J connectivity index is 2.07. The minimum atomic E-state index is -0.429. The molecular formula is C15H19FN2OS. The van der Waals surface area contributed by atoms with Crippen molar-refractivity contribution in [2.24, 2.45) is 11.7 Å². The quantitative estimate of drug-likeness (QED) is 0.840. The molecule has 0 radical (unpaired) electrons. The summed E-state index contributed by atoms with van der Waals surface area (Å²) in [5.41, 5.74) is 6.06. The van der Waals surface area contributed by atoms with Crippen LogP contribution in [0.3, 0.4) is 0 Å². The van der Waals surface area contributed by atoms with Crippen molar-refractivity contribution < 1.29 is 9.18 Å². The summed E-state index contributed by atoms with van der Waals surface area (Å²) in [4.78, 5) is 12.5. The normalized spacial score (nSPS) is 17.4. The molecule has 0 aromatic heterocycles. The molecule has 0 saturated heterocycles. The summed E-state index contributed by atoms with van der Waals surface area (Å²) in [6.45, 7) is 0. The molecule has 1 aromatic rings. The number of rotatable bonds is 4. The first-order valence-corrected chi connectivity index (χ1v) is 7.34. The molecule has 1 amide bonds. The Morgan fingerprint density at radius 3 is 2.65 bits per heavy atom. The highest BCUT2D eigenvalue weighted by Crippen LogP contribution is 2.26. The Labute approximate surface area is 123 Å². The number of hydrogen-bond acceptors (Lipinski definition) is 2. The molecule has 1 aromatic carbocycles. The second-order valence-electron chi connectivity index (χ2n) is 5.26. The number of thiocarbonyl (C=S) groups is 1. The van der Waals surface area contributed by atoms with Gasteiger partial charge in [-0.25, -0.2) is 4.39 Å². The molecule has 1 fully saturated rings. The third-order valence-corrected chi connectivity index (χ3v) is 4.06. The molecule has 1 atom stereocenters. The predicted molar refractivity (Wildman–Crippen MR) is 81.0 cm³/mol. The molecule has 2 rings (SSSR count). The molecular weight excluding hydrogens is 275 g/mol. The zero-order valence-electron chi connectivity index (χ0n) is 11.3. The fourth-order valence-electron chi connectivity index (χ4n) is 2.74. The van der Waals surface area contributed by atoms with Crippen LogP contribution < -0.4 is 11.1 Å². The zero-order chi connectivity index (χ0) is 14.5. The molecule has 1 aliphatic rings. The van der Waals surface area contributed by atoms with E-state index >= 15 is 0 Å². The number of hydrogen-bond donors (Lipinski definition) is 2. The lowest BCUT2D eigenvalue weighted by Gasteiger charge is -2.30. The summed E-state index contributed by atoms with van der Waals surface area (Å²) < 4.78 is 13.1. The van der Waals surface area contributed by atoms with E-state index in [1.54, 1.807) is 6.07 Å². The topological polar surface area (TPSA) is 55.1 Å². The van der Waals surface area contributed by atoms with Crippen molar-refractivity contribution in [3.63, 3.8) is 0 Å². The number of nitrogens with two attached hydrogens (primary N) is 1. The minimum absolute atomic E-state index is 0.291. The molecule has 20 heavy (non-hydrogen) atoms. The van der Waals surface area contributed by atoms with Crippen LogP contribution in [0.25, 0.3) is 0 Å². The number of halogens is 1. The summed E-state index contributed by atoms with van der Waals surface area (Å²) in [6.07, 6.45) is 5.54. The van der Waals surface area contributed by atoms with Crippen LogP contribution in [-0.2, 0) is 0 Å². The number of carbonyl (C=O) groups is 1. The maximum Gasteiger partial charge on any atom is 0.251 e. The van der Waals surface area contributed by atoms with E-state index in [9.17, 15) is 9.18 Å². The number of carbonyl (C=O) groups excluding carboxylic acids is 1. The fraction of sp³-hybridized carbons (Fsp3) is 0.467. The number of nitrogens with one attached hydrogen (secondary N) is 1. The Morgan fingerprint density at radius 2 is 2.05 bits per heavy atom. The summed E-state index contributed by atoms with van der Waals surface area (Å²) in [5, 5.41) is 2.86. The van der Waals surface area contributed by atoms with Gasteiger partial charge in [-0.3, -0.25) is 4.79 Å². The largest absolute Gasteiger partial charge is 0.392 e. The second kappa shape index (κ2) is 6.79. The Hall–Kier alpha value is -1.49. The summed E-state index contributed by atoms with van der Waals surface area (Å²) in [5.74, 6) is -0.464. The maximum atomic E-state index is 13.1. The van der Waals surface area contributed by atoms with Gasteiger partial charge in [0, 0.05) is 5.56 Å². The molecule has 108 valence electrons. The van der Waals surface area contributed by atoms with Gasteiger partial charge in [0.05, 0.1) is 11.0 Å². The van der Waals surface area contributed by atoms with E-state index in [1.807, 2.05) is 0 Å². The SMILES string of the molecule is NC(=S)C(NC(=O)c1cccc(F)c1)C1CCCCC1.